The number of rotatable bonds is 7. The molecule has 2 N–H and O–H groups in total. The van der Waals surface area contributed by atoms with E-state index < -0.39 is 11.8 Å². The molecule has 0 unspecified atom stereocenters. The quantitative estimate of drug-likeness (QED) is 0.362. The Labute approximate surface area is 216 Å². The Morgan fingerprint density at radius 3 is 2.46 bits per heavy atom. The predicted octanol–water partition coefficient (Wildman–Crippen LogP) is 6.08. The van der Waals surface area contributed by atoms with Crippen molar-refractivity contribution in [2.75, 3.05) is 22.1 Å². The van der Waals surface area contributed by atoms with Gasteiger partial charge in [-0.1, -0.05) is 53.0 Å². The Bertz CT molecular complexity index is 1370. The standard InChI is InChI=1S/C25H18Cl3N3O4/c1-2-35-20-9-4-3-8-18(20)30-23(32)14-6-5-7-16(12-14)29-22-21(28)24(33)31(25(22)34)19-11-10-15(26)13-17(19)27/h3-13,29H,2H2,1H3,(H,30,32). The highest BCUT2D eigenvalue weighted by Gasteiger charge is 2.39. The van der Waals surface area contributed by atoms with E-state index in [0.29, 0.717) is 34.3 Å². The molecule has 0 saturated heterocycles. The maximum Gasteiger partial charge on any atom is 0.283 e. The van der Waals surface area contributed by atoms with Crippen molar-refractivity contribution in [2.24, 2.45) is 0 Å². The fraction of sp³-hybridized carbons (Fsp3) is 0.0800. The van der Waals surface area contributed by atoms with Gasteiger partial charge in [-0.15, -0.1) is 0 Å². The molecule has 0 saturated carbocycles. The molecule has 0 aromatic heterocycles. The summed E-state index contributed by atoms with van der Waals surface area (Å²) in [4.78, 5) is 39.5. The van der Waals surface area contributed by atoms with Gasteiger partial charge in [0.1, 0.15) is 16.5 Å². The third-order valence-corrected chi connectivity index (χ3v) is 5.90. The van der Waals surface area contributed by atoms with Crippen molar-refractivity contribution in [2.45, 2.75) is 6.92 Å². The monoisotopic (exact) mass is 529 g/mol. The van der Waals surface area contributed by atoms with Crippen LogP contribution in [0.3, 0.4) is 0 Å². The number of carbonyl (C=O) groups excluding carboxylic acids is 3. The van der Waals surface area contributed by atoms with Gasteiger partial charge in [0.15, 0.2) is 0 Å². The van der Waals surface area contributed by atoms with Crippen molar-refractivity contribution in [3.63, 3.8) is 0 Å². The van der Waals surface area contributed by atoms with E-state index in [-0.39, 0.29) is 27.3 Å². The number of para-hydroxylation sites is 2. The SMILES string of the molecule is CCOc1ccccc1NC(=O)c1cccc(NC2=C(Cl)C(=O)N(c3ccc(Cl)cc3Cl)C2=O)c1. The molecule has 3 aromatic rings. The summed E-state index contributed by atoms with van der Waals surface area (Å²) in [7, 11) is 0. The Balaban J connectivity index is 1.55. The van der Waals surface area contributed by atoms with Crippen LogP contribution in [0.15, 0.2) is 77.5 Å². The van der Waals surface area contributed by atoms with E-state index in [4.69, 9.17) is 39.5 Å². The van der Waals surface area contributed by atoms with Crippen LogP contribution in [0.1, 0.15) is 17.3 Å². The number of hydrogen-bond acceptors (Lipinski definition) is 5. The molecule has 1 aliphatic rings. The number of carbonyl (C=O) groups is 3. The number of nitrogens with one attached hydrogen (secondary N) is 2. The maximum atomic E-state index is 13.0. The molecule has 4 rings (SSSR count). The Morgan fingerprint density at radius 2 is 1.71 bits per heavy atom. The fourth-order valence-corrected chi connectivity index (χ4v) is 4.13. The molecule has 0 fully saturated rings. The van der Waals surface area contributed by atoms with Gasteiger partial charge in [0.25, 0.3) is 17.7 Å². The molecular formula is C25H18Cl3N3O4. The maximum absolute atomic E-state index is 13.0. The summed E-state index contributed by atoms with van der Waals surface area (Å²) < 4.78 is 5.54. The minimum atomic E-state index is -0.732. The first-order valence-corrected chi connectivity index (χ1v) is 11.6. The molecule has 0 bridgehead atoms. The number of anilines is 3. The number of benzene rings is 3. The summed E-state index contributed by atoms with van der Waals surface area (Å²) in [5, 5.41) is 5.84. The van der Waals surface area contributed by atoms with Crippen LogP contribution in [0.25, 0.3) is 0 Å². The second kappa shape index (κ2) is 10.4. The summed E-state index contributed by atoms with van der Waals surface area (Å²) >= 11 is 18.3. The zero-order chi connectivity index (χ0) is 25.1. The van der Waals surface area contributed by atoms with Crippen LogP contribution in [0.5, 0.6) is 5.75 Å². The first-order valence-electron chi connectivity index (χ1n) is 10.4. The van der Waals surface area contributed by atoms with Gasteiger partial charge < -0.3 is 15.4 Å². The summed E-state index contributed by atoms with van der Waals surface area (Å²) in [5.74, 6) is -1.26. The van der Waals surface area contributed by atoms with E-state index in [2.05, 4.69) is 10.6 Å². The van der Waals surface area contributed by atoms with Gasteiger partial charge in [0, 0.05) is 16.3 Å². The number of amides is 3. The number of hydrogen-bond donors (Lipinski definition) is 2. The van der Waals surface area contributed by atoms with E-state index in [1.165, 1.54) is 24.3 Å². The van der Waals surface area contributed by atoms with Crippen LogP contribution in [0, 0.1) is 0 Å². The van der Waals surface area contributed by atoms with Crippen LogP contribution < -0.4 is 20.3 Å². The Kier molecular flexibility index (Phi) is 7.31. The molecule has 1 heterocycles. The van der Waals surface area contributed by atoms with E-state index in [0.717, 1.165) is 4.90 Å². The van der Waals surface area contributed by atoms with Crippen molar-refractivity contribution < 1.29 is 19.1 Å². The van der Waals surface area contributed by atoms with Crippen LogP contribution in [-0.4, -0.2) is 24.3 Å². The van der Waals surface area contributed by atoms with Crippen molar-refractivity contribution in [3.05, 3.63) is 93.1 Å². The average Bonchev–Trinajstić information content (AvgIpc) is 3.04. The second-order valence-corrected chi connectivity index (χ2v) is 8.54. The van der Waals surface area contributed by atoms with Gasteiger partial charge >= 0.3 is 0 Å². The fourth-order valence-electron chi connectivity index (χ4n) is 3.42. The lowest BCUT2D eigenvalue weighted by Crippen LogP contribution is -2.32. The third-order valence-electron chi connectivity index (χ3n) is 5.01. The lowest BCUT2D eigenvalue weighted by molar-refractivity contribution is -0.120. The summed E-state index contributed by atoms with van der Waals surface area (Å²) in [6, 6.07) is 17.9. The highest BCUT2D eigenvalue weighted by atomic mass is 35.5. The predicted molar refractivity (Wildman–Crippen MR) is 137 cm³/mol. The van der Waals surface area contributed by atoms with Gasteiger partial charge in [0.05, 0.1) is 23.0 Å². The molecule has 3 aromatic carbocycles. The minimum absolute atomic E-state index is 0.121. The molecule has 3 amide bonds. The van der Waals surface area contributed by atoms with Crippen LogP contribution in [-0.2, 0) is 9.59 Å². The van der Waals surface area contributed by atoms with Gasteiger partial charge in [-0.05, 0) is 55.5 Å². The number of ether oxygens (including phenoxy) is 1. The highest BCUT2D eigenvalue weighted by Crippen LogP contribution is 2.35. The normalized spacial score (nSPS) is 13.3. The van der Waals surface area contributed by atoms with Crippen molar-refractivity contribution in [3.8, 4) is 5.75 Å². The van der Waals surface area contributed by atoms with Crippen LogP contribution >= 0.6 is 34.8 Å². The summed E-state index contributed by atoms with van der Waals surface area (Å²) in [6.45, 7) is 2.30. The molecule has 7 nitrogen and oxygen atoms in total. The lowest BCUT2D eigenvalue weighted by atomic mass is 10.1. The molecule has 0 spiro atoms. The van der Waals surface area contributed by atoms with E-state index in [9.17, 15) is 14.4 Å². The molecule has 0 radical (unpaired) electrons. The number of imide groups is 1. The second-order valence-electron chi connectivity index (χ2n) is 7.32. The molecule has 35 heavy (non-hydrogen) atoms. The first-order chi connectivity index (χ1) is 16.8. The molecule has 0 aliphatic carbocycles. The largest absolute Gasteiger partial charge is 0.492 e. The van der Waals surface area contributed by atoms with Gasteiger partial charge in [0.2, 0.25) is 0 Å². The third kappa shape index (κ3) is 5.12. The zero-order valence-corrected chi connectivity index (χ0v) is 20.5. The molecule has 1 aliphatic heterocycles. The van der Waals surface area contributed by atoms with Crippen LogP contribution in [0.4, 0.5) is 17.1 Å². The van der Waals surface area contributed by atoms with Crippen molar-refractivity contribution >= 4 is 69.6 Å². The number of halogens is 3. The van der Waals surface area contributed by atoms with Crippen molar-refractivity contribution in [1.82, 2.24) is 0 Å². The lowest BCUT2D eigenvalue weighted by Gasteiger charge is -2.17. The topological polar surface area (TPSA) is 87.7 Å². The van der Waals surface area contributed by atoms with Crippen molar-refractivity contribution in [1.29, 1.82) is 0 Å². The molecule has 178 valence electrons. The smallest absolute Gasteiger partial charge is 0.283 e. The highest BCUT2D eigenvalue weighted by molar-refractivity contribution is 6.54. The average molecular weight is 531 g/mol. The van der Waals surface area contributed by atoms with E-state index >= 15 is 0 Å². The van der Waals surface area contributed by atoms with E-state index in [1.54, 1.807) is 36.4 Å². The summed E-state index contributed by atoms with van der Waals surface area (Å²) in [5.41, 5.74) is 1.24. The first kappa shape index (κ1) is 24.6. The Morgan fingerprint density at radius 1 is 0.943 bits per heavy atom. The molecular weight excluding hydrogens is 513 g/mol. The number of nitrogens with zero attached hydrogens (tertiary/aromatic N) is 1. The molecule has 0 atom stereocenters. The Hall–Kier alpha value is -3.52. The van der Waals surface area contributed by atoms with E-state index in [1.807, 2.05) is 13.0 Å². The minimum Gasteiger partial charge on any atom is -0.492 e. The van der Waals surface area contributed by atoms with Gasteiger partial charge in [-0.25, -0.2) is 4.90 Å². The summed E-state index contributed by atoms with van der Waals surface area (Å²) in [6.07, 6.45) is 0. The van der Waals surface area contributed by atoms with Gasteiger partial charge in [-0.3, -0.25) is 14.4 Å². The molecule has 10 heteroatoms. The zero-order valence-electron chi connectivity index (χ0n) is 18.3. The van der Waals surface area contributed by atoms with Crippen LogP contribution in [0.2, 0.25) is 10.0 Å². The van der Waals surface area contributed by atoms with Gasteiger partial charge in [-0.2, -0.15) is 0 Å².